The van der Waals surface area contributed by atoms with Crippen LogP contribution in [0, 0.1) is 6.92 Å². The van der Waals surface area contributed by atoms with Crippen LogP contribution in [0.3, 0.4) is 0 Å². The number of amides is 1. The van der Waals surface area contributed by atoms with E-state index >= 15 is 0 Å². The summed E-state index contributed by atoms with van der Waals surface area (Å²) in [7, 11) is 1.59. The lowest BCUT2D eigenvalue weighted by Crippen LogP contribution is -2.40. The van der Waals surface area contributed by atoms with Gasteiger partial charge in [0.2, 0.25) is 5.91 Å². The number of rotatable bonds is 6. The Morgan fingerprint density at radius 3 is 2.65 bits per heavy atom. The minimum absolute atomic E-state index is 0.195. The molecule has 0 fully saturated rings. The van der Waals surface area contributed by atoms with Gasteiger partial charge >= 0.3 is 5.97 Å². The van der Waals surface area contributed by atoms with Crippen molar-refractivity contribution in [2.75, 3.05) is 13.7 Å². The van der Waals surface area contributed by atoms with Crippen LogP contribution in [0.2, 0.25) is 0 Å². The van der Waals surface area contributed by atoms with Crippen molar-refractivity contribution in [3.8, 4) is 5.75 Å². The maximum atomic E-state index is 11.9. The van der Waals surface area contributed by atoms with Crippen molar-refractivity contribution in [3.05, 3.63) is 29.3 Å². The number of aryl methyl sites for hydroxylation is 1. The first-order chi connectivity index (χ1) is 9.47. The monoisotopic (exact) mass is 279 g/mol. The van der Waals surface area contributed by atoms with Crippen LogP contribution in [0.4, 0.5) is 0 Å². The number of esters is 1. The van der Waals surface area contributed by atoms with Crippen LogP contribution in [0.1, 0.15) is 25.0 Å². The quantitative estimate of drug-likeness (QED) is 0.804. The third-order valence-corrected chi connectivity index (χ3v) is 2.85. The average Bonchev–Trinajstić information content (AvgIpc) is 2.41. The van der Waals surface area contributed by atoms with Gasteiger partial charge in [0.05, 0.1) is 20.1 Å². The number of methoxy groups -OCH3 is 1. The molecule has 0 saturated heterocycles. The summed E-state index contributed by atoms with van der Waals surface area (Å²) in [5.74, 6) is 0.0903. The molecule has 1 N–H and O–H groups in total. The standard InChI is InChI=1S/C15H21NO4/c1-5-20-15(18)11(3)16-14(17)9-12-7-6-10(2)13(8-12)19-4/h6-8,11H,5,9H2,1-4H3,(H,16,17). The molecule has 0 heterocycles. The molecule has 1 aromatic carbocycles. The van der Waals surface area contributed by atoms with E-state index in [0.717, 1.165) is 16.9 Å². The van der Waals surface area contributed by atoms with Gasteiger partial charge in [-0.2, -0.15) is 0 Å². The van der Waals surface area contributed by atoms with Gasteiger partial charge in [-0.15, -0.1) is 0 Å². The molecule has 1 aromatic rings. The van der Waals surface area contributed by atoms with E-state index in [1.807, 2.05) is 25.1 Å². The molecule has 0 aromatic heterocycles. The fourth-order valence-electron chi connectivity index (χ4n) is 1.78. The van der Waals surface area contributed by atoms with Gasteiger partial charge in [-0.1, -0.05) is 12.1 Å². The molecule has 0 radical (unpaired) electrons. The van der Waals surface area contributed by atoms with Crippen molar-refractivity contribution in [3.63, 3.8) is 0 Å². The molecule has 110 valence electrons. The van der Waals surface area contributed by atoms with E-state index in [1.165, 1.54) is 0 Å². The summed E-state index contributed by atoms with van der Waals surface area (Å²) in [5, 5.41) is 2.61. The number of ether oxygens (including phenoxy) is 2. The number of benzene rings is 1. The van der Waals surface area contributed by atoms with Crippen LogP contribution >= 0.6 is 0 Å². The highest BCUT2D eigenvalue weighted by atomic mass is 16.5. The van der Waals surface area contributed by atoms with Crippen molar-refractivity contribution >= 4 is 11.9 Å². The Kier molecular flexibility index (Phi) is 6.03. The minimum Gasteiger partial charge on any atom is -0.496 e. The molecule has 0 bridgehead atoms. The number of carbonyl (C=O) groups is 2. The van der Waals surface area contributed by atoms with E-state index in [2.05, 4.69) is 5.32 Å². The Morgan fingerprint density at radius 1 is 1.35 bits per heavy atom. The second kappa shape index (κ2) is 7.53. The van der Waals surface area contributed by atoms with Crippen molar-refractivity contribution in [2.45, 2.75) is 33.2 Å². The molecule has 0 aliphatic carbocycles. The fraction of sp³-hybridized carbons (Fsp3) is 0.467. The van der Waals surface area contributed by atoms with Crippen LogP contribution in [0.25, 0.3) is 0 Å². The van der Waals surface area contributed by atoms with Crippen LogP contribution < -0.4 is 10.1 Å². The van der Waals surface area contributed by atoms with Gasteiger partial charge in [-0.05, 0) is 38.0 Å². The third kappa shape index (κ3) is 4.57. The zero-order valence-corrected chi connectivity index (χ0v) is 12.4. The zero-order valence-electron chi connectivity index (χ0n) is 12.4. The van der Waals surface area contributed by atoms with E-state index in [-0.39, 0.29) is 12.3 Å². The highest BCUT2D eigenvalue weighted by Gasteiger charge is 2.16. The van der Waals surface area contributed by atoms with Crippen LogP contribution in [0.15, 0.2) is 18.2 Å². The molecule has 5 heteroatoms. The molecule has 1 unspecified atom stereocenters. The van der Waals surface area contributed by atoms with Crippen molar-refractivity contribution < 1.29 is 19.1 Å². The first kappa shape index (κ1) is 16.0. The molecular weight excluding hydrogens is 258 g/mol. The average molecular weight is 279 g/mol. The first-order valence-electron chi connectivity index (χ1n) is 6.57. The molecule has 20 heavy (non-hydrogen) atoms. The maximum Gasteiger partial charge on any atom is 0.328 e. The van der Waals surface area contributed by atoms with Gasteiger partial charge in [0.25, 0.3) is 0 Å². The summed E-state index contributed by atoms with van der Waals surface area (Å²) >= 11 is 0. The first-order valence-corrected chi connectivity index (χ1v) is 6.57. The summed E-state index contributed by atoms with van der Waals surface area (Å²) in [6.45, 7) is 5.57. The van der Waals surface area contributed by atoms with Crippen LogP contribution in [-0.2, 0) is 20.7 Å². The van der Waals surface area contributed by atoms with Gasteiger partial charge in [-0.3, -0.25) is 4.79 Å². The highest BCUT2D eigenvalue weighted by molar-refractivity contribution is 5.85. The largest absolute Gasteiger partial charge is 0.496 e. The lowest BCUT2D eigenvalue weighted by atomic mass is 10.1. The SMILES string of the molecule is CCOC(=O)C(C)NC(=O)Cc1ccc(C)c(OC)c1. The Morgan fingerprint density at radius 2 is 2.05 bits per heavy atom. The van der Waals surface area contributed by atoms with E-state index in [9.17, 15) is 9.59 Å². The van der Waals surface area contributed by atoms with Crippen molar-refractivity contribution in [1.29, 1.82) is 0 Å². The molecule has 0 aliphatic rings. The molecular formula is C15H21NO4. The fourth-order valence-corrected chi connectivity index (χ4v) is 1.78. The molecule has 0 aliphatic heterocycles. The summed E-state index contributed by atoms with van der Waals surface area (Å²) in [6.07, 6.45) is 0.195. The molecule has 1 atom stereocenters. The third-order valence-electron chi connectivity index (χ3n) is 2.85. The number of carbonyl (C=O) groups excluding carboxylic acids is 2. The molecule has 1 amide bonds. The van der Waals surface area contributed by atoms with E-state index < -0.39 is 12.0 Å². The van der Waals surface area contributed by atoms with E-state index in [1.54, 1.807) is 21.0 Å². The predicted octanol–water partition coefficient (Wildman–Crippen LogP) is 1.61. The van der Waals surface area contributed by atoms with Gasteiger partial charge in [0, 0.05) is 0 Å². The second-order valence-corrected chi connectivity index (χ2v) is 4.52. The zero-order chi connectivity index (χ0) is 15.1. The smallest absolute Gasteiger partial charge is 0.328 e. The van der Waals surface area contributed by atoms with Gasteiger partial charge in [-0.25, -0.2) is 4.79 Å². The molecule has 5 nitrogen and oxygen atoms in total. The minimum atomic E-state index is -0.644. The van der Waals surface area contributed by atoms with E-state index in [4.69, 9.17) is 9.47 Å². The molecule has 0 spiro atoms. The Labute approximate surface area is 119 Å². The summed E-state index contributed by atoms with van der Waals surface area (Å²) in [6, 6.07) is 4.95. The van der Waals surface area contributed by atoms with Gasteiger partial charge in [0.15, 0.2) is 0 Å². The number of hydrogen-bond donors (Lipinski definition) is 1. The normalized spacial score (nSPS) is 11.6. The maximum absolute atomic E-state index is 11.9. The molecule has 0 saturated carbocycles. The molecule has 1 rings (SSSR count). The Bertz CT molecular complexity index is 485. The predicted molar refractivity (Wildman–Crippen MR) is 75.7 cm³/mol. The highest BCUT2D eigenvalue weighted by Crippen LogP contribution is 2.19. The summed E-state index contributed by atoms with van der Waals surface area (Å²) in [5.41, 5.74) is 1.84. The number of hydrogen-bond acceptors (Lipinski definition) is 4. The van der Waals surface area contributed by atoms with Crippen LogP contribution in [-0.4, -0.2) is 31.6 Å². The van der Waals surface area contributed by atoms with Crippen LogP contribution in [0.5, 0.6) is 5.75 Å². The summed E-state index contributed by atoms with van der Waals surface area (Å²) in [4.78, 5) is 23.3. The van der Waals surface area contributed by atoms with E-state index in [0.29, 0.717) is 6.61 Å². The lowest BCUT2D eigenvalue weighted by Gasteiger charge is -2.13. The van der Waals surface area contributed by atoms with Gasteiger partial charge in [0.1, 0.15) is 11.8 Å². The lowest BCUT2D eigenvalue weighted by molar-refractivity contribution is -0.146. The second-order valence-electron chi connectivity index (χ2n) is 4.52. The van der Waals surface area contributed by atoms with Crippen molar-refractivity contribution in [2.24, 2.45) is 0 Å². The summed E-state index contributed by atoms with van der Waals surface area (Å²) < 4.78 is 10.0. The topological polar surface area (TPSA) is 64.6 Å². The number of nitrogens with one attached hydrogen (secondary N) is 1. The van der Waals surface area contributed by atoms with Crippen molar-refractivity contribution in [1.82, 2.24) is 5.32 Å². The van der Waals surface area contributed by atoms with Gasteiger partial charge < -0.3 is 14.8 Å². The Balaban J connectivity index is 2.60. The Hall–Kier alpha value is -2.04.